The van der Waals surface area contributed by atoms with E-state index in [-0.39, 0.29) is 0 Å². The van der Waals surface area contributed by atoms with E-state index in [4.69, 9.17) is 20.2 Å². The summed E-state index contributed by atoms with van der Waals surface area (Å²) in [5.74, 6) is 2.88. The fourth-order valence-corrected chi connectivity index (χ4v) is 2.88. The van der Waals surface area contributed by atoms with Gasteiger partial charge in [0.15, 0.2) is 17.0 Å². The third-order valence-electron chi connectivity index (χ3n) is 4.21. The number of imidazole rings is 1. The predicted molar refractivity (Wildman–Crippen MR) is 97.0 cm³/mol. The summed E-state index contributed by atoms with van der Waals surface area (Å²) in [7, 11) is 3.31. The summed E-state index contributed by atoms with van der Waals surface area (Å²) in [4.78, 5) is 13.2. The molecule has 132 valence electrons. The van der Waals surface area contributed by atoms with Crippen molar-refractivity contribution in [3.8, 4) is 11.5 Å². The maximum absolute atomic E-state index is 5.99. The monoisotopic (exact) mass is 341 g/mol. The number of nitrogens with two attached hydrogens (primary N) is 1. The molecule has 7 nitrogen and oxygen atoms in total. The average molecular weight is 341 g/mol. The standard InChI is InChI=1S/C18H23N5O2/c1-4-5-8-23-15(22-16-17(19)20-11-21-18(16)23)10-12-9-13(24-2)6-7-14(12)25-3/h6-7,9,11H,4-5,8,10H2,1-3H3,(H2,19,20,21). The molecule has 3 aromatic rings. The molecule has 0 aliphatic heterocycles. The van der Waals surface area contributed by atoms with Gasteiger partial charge in [0, 0.05) is 18.5 Å². The number of nitrogen functional groups attached to an aromatic ring is 1. The molecule has 0 spiro atoms. The molecule has 2 heterocycles. The molecular formula is C18H23N5O2. The number of unbranched alkanes of at least 4 members (excludes halogenated alkanes) is 1. The number of rotatable bonds is 7. The first-order valence-electron chi connectivity index (χ1n) is 8.34. The Bertz CT molecular complexity index is 875. The summed E-state index contributed by atoms with van der Waals surface area (Å²) < 4.78 is 13.0. The molecular weight excluding hydrogens is 318 g/mol. The summed E-state index contributed by atoms with van der Waals surface area (Å²) in [6, 6.07) is 5.75. The first-order valence-corrected chi connectivity index (χ1v) is 8.34. The molecule has 0 aliphatic carbocycles. The second-order valence-corrected chi connectivity index (χ2v) is 5.82. The minimum Gasteiger partial charge on any atom is -0.497 e. The largest absolute Gasteiger partial charge is 0.497 e. The summed E-state index contributed by atoms with van der Waals surface area (Å²) in [5, 5.41) is 0. The first-order chi connectivity index (χ1) is 12.2. The Morgan fingerprint density at radius 3 is 2.72 bits per heavy atom. The number of hydrogen-bond acceptors (Lipinski definition) is 6. The second-order valence-electron chi connectivity index (χ2n) is 5.82. The maximum Gasteiger partial charge on any atom is 0.165 e. The van der Waals surface area contributed by atoms with Crippen molar-refractivity contribution >= 4 is 17.0 Å². The van der Waals surface area contributed by atoms with Crippen molar-refractivity contribution in [2.75, 3.05) is 20.0 Å². The highest BCUT2D eigenvalue weighted by Crippen LogP contribution is 2.28. The SMILES string of the molecule is CCCCn1c(Cc2cc(OC)ccc2OC)nc2c(N)ncnc21. The number of aryl methyl sites for hydroxylation is 1. The Kier molecular flexibility index (Phi) is 5.02. The number of methoxy groups -OCH3 is 2. The number of ether oxygens (including phenoxy) is 2. The zero-order chi connectivity index (χ0) is 17.8. The van der Waals surface area contributed by atoms with Gasteiger partial charge in [-0.3, -0.25) is 0 Å². The molecule has 2 N–H and O–H groups in total. The molecule has 0 saturated carbocycles. The van der Waals surface area contributed by atoms with E-state index in [0.717, 1.165) is 47.9 Å². The van der Waals surface area contributed by atoms with E-state index < -0.39 is 0 Å². The summed E-state index contributed by atoms with van der Waals surface area (Å²) >= 11 is 0. The minimum atomic E-state index is 0.402. The van der Waals surface area contributed by atoms with Gasteiger partial charge < -0.3 is 19.8 Å². The summed E-state index contributed by atoms with van der Waals surface area (Å²) in [6.45, 7) is 3.00. The molecule has 25 heavy (non-hydrogen) atoms. The van der Waals surface area contributed by atoms with Gasteiger partial charge >= 0.3 is 0 Å². The van der Waals surface area contributed by atoms with Crippen LogP contribution in [0.25, 0.3) is 11.2 Å². The Morgan fingerprint density at radius 2 is 2.00 bits per heavy atom. The number of hydrogen-bond donors (Lipinski definition) is 1. The van der Waals surface area contributed by atoms with Crippen molar-refractivity contribution in [1.82, 2.24) is 19.5 Å². The molecule has 0 aliphatic rings. The van der Waals surface area contributed by atoms with Crippen LogP contribution < -0.4 is 15.2 Å². The van der Waals surface area contributed by atoms with Gasteiger partial charge in [-0.1, -0.05) is 13.3 Å². The number of benzene rings is 1. The lowest BCUT2D eigenvalue weighted by Gasteiger charge is -2.12. The van der Waals surface area contributed by atoms with Crippen molar-refractivity contribution in [3.63, 3.8) is 0 Å². The van der Waals surface area contributed by atoms with E-state index >= 15 is 0 Å². The first kappa shape index (κ1) is 17.0. The van der Waals surface area contributed by atoms with Gasteiger partial charge in [-0.25, -0.2) is 15.0 Å². The summed E-state index contributed by atoms with van der Waals surface area (Å²) in [6.07, 6.45) is 4.21. The lowest BCUT2D eigenvalue weighted by atomic mass is 10.1. The van der Waals surface area contributed by atoms with Gasteiger partial charge in [0.2, 0.25) is 0 Å². The van der Waals surface area contributed by atoms with Gasteiger partial charge in [-0.05, 0) is 24.6 Å². The van der Waals surface area contributed by atoms with E-state index in [1.807, 2.05) is 18.2 Å². The van der Waals surface area contributed by atoms with Crippen LogP contribution in [-0.4, -0.2) is 33.7 Å². The highest BCUT2D eigenvalue weighted by molar-refractivity contribution is 5.81. The third-order valence-corrected chi connectivity index (χ3v) is 4.21. The number of fused-ring (bicyclic) bond motifs is 1. The van der Waals surface area contributed by atoms with Crippen LogP contribution in [0.3, 0.4) is 0 Å². The molecule has 0 radical (unpaired) electrons. The molecule has 1 aromatic carbocycles. The van der Waals surface area contributed by atoms with Crippen LogP contribution in [0.5, 0.6) is 11.5 Å². The molecule has 0 bridgehead atoms. The van der Waals surface area contributed by atoms with Crippen LogP contribution in [0.1, 0.15) is 31.2 Å². The lowest BCUT2D eigenvalue weighted by Crippen LogP contribution is -2.06. The van der Waals surface area contributed by atoms with Crippen molar-refractivity contribution in [3.05, 3.63) is 35.9 Å². The smallest absolute Gasteiger partial charge is 0.165 e. The number of nitrogens with zero attached hydrogens (tertiary/aromatic N) is 4. The van der Waals surface area contributed by atoms with E-state index in [1.54, 1.807) is 14.2 Å². The number of anilines is 1. The molecule has 2 aromatic heterocycles. The molecule has 0 atom stereocenters. The Labute approximate surface area is 146 Å². The topological polar surface area (TPSA) is 88.1 Å². The molecule has 0 fully saturated rings. The van der Waals surface area contributed by atoms with Gasteiger partial charge in [-0.15, -0.1) is 0 Å². The van der Waals surface area contributed by atoms with E-state index in [0.29, 0.717) is 17.8 Å². The zero-order valence-electron chi connectivity index (χ0n) is 14.8. The maximum atomic E-state index is 5.99. The Balaban J connectivity index is 2.07. The predicted octanol–water partition coefficient (Wildman–Crippen LogP) is 2.82. The Morgan fingerprint density at radius 1 is 1.16 bits per heavy atom. The fourth-order valence-electron chi connectivity index (χ4n) is 2.88. The highest BCUT2D eigenvalue weighted by atomic mass is 16.5. The van der Waals surface area contributed by atoms with Crippen LogP contribution in [0.15, 0.2) is 24.5 Å². The third kappa shape index (κ3) is 3.35. The van der Waals surface area contributed by atoms with Crippen molar-refractivity contribution in [2.24, 2.45) is 0 Å². The van der Waals surface area contributed by atoms with Gasteiger partial charge in [-0.2, -0.15) is 0 Å². The average Bonchev–Trinajstić information content (AvgIpc) is 2.98. The van der Waals surface area contributed by atoms with Gasteiger partial charge in [0.25, 0.3) is 0 Å². The van der Waals surface area contributed by atoms with Crippen molar-refractivity contribution in [2.45, 2.75) is 32.7 Å². The minimum absolute atomic E-state index is 0.402. The van der Waals surface area contributed by atoms with Gasteiger partial charge in [0.1, 0.15) is 23.7 Å². The Hall–Kier alpha value is -2.83. The van der Waals surface area contributed by atoms with E-state index in [2.05, 4.69) is 21.5 Å². The molecule has 3 rings (SSSR count). The quantitative estimate of drug-likeness (QED) is 0.711. The van der Waals surface area contributed by atoms with Crippen LogP contribution in [0.2, 0.25) is 0 Å². The zero-order valence-corrected chi connectivity index (χ0v) is 14.8. The highest BCUT2D eigenvalue weighted by Gasteiger charge is 2.16. The second kappa shape index (κ2) is 7.38. The van der Waals surface area contributed by atoms with Crippen molar-refractivity contribution in [1.29, 1.82) is 0 Å². The molecule has 0 amide bonds. The van der Waals surface area contributed by atoms with Crippen LogP contribution in [0.4, 0.5) is 5.82 Å². The van der Waals surface area contributed by atoms with E-state index in [1.165, 1.54) is 6.33 Å². The molecule has 0 unspecified atom stereocenters. The van der Waals surface area contributed by atoms with Gasteiger partial charge in [0.05, 0.1) is 14.2 Å². The number of aromatic nitrogens is 4. The normalized spacial score (nSPS) is 11.0. The molecule has 0 saturated heterocycles. The van der Waals surface area contributed by atoms with Crippen LogP contribution in [-0.2, 0) is 13.0 Å². The van der Waals surface area contributed by atoms with Crippen LogP contribution in [0, 0.1) is 0 Å². The summed E-state index contributed by atoms with van der Waals surface area (Å²) in [5.41, 5.74) is 8.42. The molecule has 7 heteroatoms. The van der Waals surface area contributed by atoms with E-state index in [9.17, 15) is 0 Å². The lowest BCUT2D eigenvalue weighted by molar-refractivity contribution is 0.399. The fraction of sp³-hybridized carbons (Fsp3) is 0.389. The van der Waals surface area contributed by atoms with Crippen LogP contribution >= 0.6 is 0 Å². The van der Waals surface area contributed by atoms with Crippen molar-refractivity contribution < 1.29 is 9.47 Å².